The zero-order valence-electron chi connectivity index (χ0n) is 11.4. The fourth-order valence-electron chi connectivity index (χ4n) is 2.89. The first-order valence-corrected chi connectivity index (χ1v) is 7.10. The van der Waals surface area contributed by atoms with Gasteiger partial charge in [-0.25, -0.2) is 0 Å². The highest BCUT2D eigenvalue weighted by Gasteiger charge is 2.31. The molecule has 104 valence electrons. The van der Waals surface area contributed by atoms with Crippen LogP contribution in [0.1, 0.15) is 24.7 Å². The Balaban J connectivity index is 1.55. The van der Waals surface area contributed by atoms with Gasteiger partial charge in [0, 0.05) is 18.4 Å². The Hall–Kier alpha value is -1.10. The van der Waals surface area contributed by atoms with Crippen molar-refractivity contribution in [2.45, 2.75) is 25.2 Å². The van der Waals surface area contributed by atoms with Gasteiger partial charge in [-0.3, -0.25) is 0 Å². The molecule has 2 saturated heterocycles. The van der Waals surface area contributed by atoms with E-state index in [2.05, 4.69) is 0 Å². The molecule has 19 heavy (non-hydrogen) atoms. The van der Waals surface area contributed by atoms with Crippen molar-refractivity contribution < 1.29 is 19.1 Å². The predicted octanol–water partition coefficient (Wildman–Crippen LogP) is 0.788. The third kappa shape index (κ3) is 3.08. The van der Waals surface area contributed by atoms with Crippen LogP contribution in [0, 0.1) is 0 Å². The van der Waals surface area contributed by atoms with Crippen LogP contribution in [0.25, 0.3) is 0 Å². The van der Waals surface area contributed by atoms with Crippen molar-refractivity contribution in [2.24, 2.45) is 0 Å². The summed E-state index contributed by atoms with van der Waals surface area (Å²) in [4.78, 5) is 1.66. The molecule has 2 fully saturated rings. The van der Waals surface area contributed by atoms with Crippen LogP contribution in [0.2, 0.25) is 0 Å². The topological polar surface area (TPSA) is 32.1 Å². The second kappa shape index (κ2) is 5.90. The Morgan fingerprint density at radius 2 is 1.95 bits per heavy atom. The summed E-state index contributed by atoms with van der Waals surface area (Å²) >= 11 is 0. The van der Waals surface area contributed by atoms with Crippen molar-refractivity contribution in [3.8, 4) is 5.75 Å². The van der Waals surface area contributed by atoms with Gasteiger partial charge in [-0.2, -0.15) is 0 Å². The molecule has 0 radical (unpaired) electrons. The summed E-state index contributed by atoms with van der Waals surface area (Å²) < 4.78 is 16.9. The number of rotatable bonds is 4. The molecule has 1 N–H and O–H groups in total. The van der Waals surface area contributed by atoms with Crippen LogP contribution in [0.5, 0.6) is 5.75 Å². The fraction of sp³-hybridized carbons (Fsp3) is 0.600. The lowest BCUT2D eigenvalue weighted by Gasteiger charge is -2.16. The minimum atomic E-state index is -0.210. The molecule has 4 heteroatoms. The van der Waals surface area contributed by atoms with Gasteiger partial charge in [0.25, 0.3) is 0 Å². The van der Waals surface area contributed by atoms with Gasteiger partial charge in [0.2, 0.25) is 0 Å². The maximum Gasteiger partial charge on any atom is 0.184 e. The third-order valence-corrected chi connectivity index (χ3v) is 3.96. The Morgan fingerprint density at radius 3 is 2.63 bits per heavy atom. The number of quaternary nitrogens is 1. The normalized spacial score (nSPS) is 27.8. The van der Waals surface area contributed by atoms with Gasteiger partial charge in [-0.1, -0.05) is 12.1 Å². The molecule has 2 aliphatic rings. The monoisotopic (exact) mass is 264 g/mol. The maximum absolute atomic E-state index is 6.00. The largest absolute Gasteiger partial charge is 0.497 e. The Labute approximate surface area is 114 Å². The first-order chi connectivity index (χ1) is 9.35. The third-order valence-electron chi connectivity index (χ3n) is 3.96. The highest BCUT2D eigenvalue weighted by Crippen LogP contribution is 2.27. The lowest BCUT2D eigenvalue weighted by atomic mass is 10.2. The summed E-state index contributed by atoms with van der Waals surface area (Å²) in [5.41, 5.74) is 1.07. The van der Waals surface area contributed by atoms with Crippen molar-refractivity contribution in [1.82, 2.24) is 0 Å². The number of likely N-dealkylation sites (tertiary alicyclic amines) is 1. The average Bonchev–Trinajstić information content (AvgIpc) is 3.11. The molecule has 3 rings (SSSR count). The van der Waals surface area contributed by atoms with Crippen LogP contribution >= 0.6 is 0 Å². The number of benzene rings is 1. The first-order valence-electron chi connectivity index (χ1n) is 7.10. The second-order valence-electron chi connectivity index (χ2n) is 5.36. The quantitative estimate of drug-likeness (QED) is 0.872. The molecule has 0 unspecified atom stereocenters. The molecule has 2 aliphatic heterocycles. The zero-order valence-corrected chi connectivity index (χ0v) is 11.4. The summed E-state index contributed by atoms with van der Waals surface area (Å²) in [6, 6.07) is 7.91. The van der Waals surface area contributed by atoms with Crippen LogP contribution in [0.4, 0.5) is 0 Å². The SMILES string of the molecule is COc1ccc([C@@H]2OC[C@H](C[NH+]3CCCC3)O2)cc1. The van der Waals surface area contributed by atoms with E-state index in [0.29, 0.717) is 6.61 Å². The molecular formula is C15H22NO3+. The van der Waals surface area contributed by atoms with E-state index in [1.165, 1.54) is 25.9 Å². The number of hydrogen-bond acceptors (Lipinski definition) is 3. The lowest BCUT2D eigenvalue weighted by molar-refractivity contribution is -0.890. The summed E-state index contributed by atoms with van der Waals surface area (Å²) in [5, 5.41) is 0. The number of hydrogen-bond donors (Lipinski definition) is 1. The van der Waals surface area contributed by atoms with E-state index in [1.54, 1.807) is 12.0 Å². The summed E-state index contributed by atoms with van der Waals surface area (Å²) in [6.07, 6.45) is 2.73. The highest BCUT2D eigenvalue weighted by atomic mass is 16.7. The van der Waals surface area contributed by atoms with Crippen molar-refractivity contribution in [3.63, 3.8) is 0 Å². The molecule has 0 aromatic heterocycles. The summed E-state index contributed by atoms with van der Waals surface area (Å²) in [5.74, 6) is 0.861. The number of ether oxygens (including phenoxy) is 3. The van der Waals surface area contributed by atoms with Crippen molar-refractivity contribution >= 4 is 0 Å². The standard InChI is InChI=1S/C15H21NO3/c1-17-13-6-4-12(5-7-13)15-18-11-14(19-15)10-16-8-2-3-9-16/h4-7,14-15H,2-3,8-11H2,1H3/p+1/t14-,15+/m0/s1. The number of methoxy groups -OCH3 is 1. The molecule has 1 aromatic carbocycles. The second-order valence-corrected chi connectivity index (χ2v) is 5.36. The van der Waals surface area contributed by atoms with E-state index in [-0.39, 0.29) is 12.4 Å². The van der Waals surface area contributed by atoms with Gasteiger partial charge in [0.05, 0.1) is 26.8 Å². The maximum atomic E-state index is 6.00. The fourth-order valence-corrected chi connectivity index (χ4v) is 2.89. The van der Waals surface area contributed by atoms with Gasteiger partial charge in [-0.15, -0.1) is 0 Å². The van der Waals surface area contributed by atoms with E-state index in [1.807, 2.05) is 24.3 Å². The Kier molecular flexibility index (Phi) is 4.01. The smallest absolute Gasteiger partial charge is 0.184 e. The van der Waals surface area contributed by atoms with Crippen molar-refractivity contribution in [1.29, 1.82) is 0 Å². The summed E-state index contributed by atoms with van der Waals surface area (Å²) in [6.45, 7) is 4.35. The Bertz CT molecular complexity index is 400. The van der Waals surface area contributed by atoms with Gasteiger partial charge in [0.15, 0.2) is 6.29 Å². The first kappa shape index (κ1) is 12.9. The molecule has 0 saturated carbocycles. The van der Waals surface area contributed by atoms with Crippen LogP contribution < -0.4 is 9.64 Å². The van der Waals surface area contributed by atoms with Crippen molar-refractivity contribution in [2.75, 3.05) is 33.4 Å². The van der Waals surface area contributed by atoms with Gasteiger partial charge in [-0.05, 0) is 12.1 Å². The van der Waals surface area contributed by atoms with Crippen LogP contribution in [-0.4, -0.2) is 39.5 Å². The molecule has 1 aromatic rings. The van der Waals surface area contributed by atoms with Crippen LogP contribution in [0.3, 0.4) is 0 Å². The van der Waals surface area contributed by atoms with Crippen molar-refractivity contribution in [3.05, 3.63) is 29.8 Å². The predicted molar refractivity (Wildman–Crippen MR) is 71.4 cm³/mol. The van der Waals surface area contributed by atoms with Gasteiger partial charge >= 0.3 is 0 Å². The van der Waals surface area contributed by atoms with Gasteiger partial charge in [0.1, 0.15) is 18.4 Å². The van der Waals surface area contributed by atoms with Crippen LogP contribution in [-0.2, 0) is 9.47 Å². The average molecular weight is 264 g/mol. The van der Waals surface area contributed by atoms with E-state index < -0.39 is 0 Å². The molecule has 0 bridgehead atoms. The zero-order chi connectivity index (χ0) is 13.1. The van der Waals surface area contributed by atoms with E-state index in [9.17, 15) is 0 Å². The molecule has 0 aliphatic carbocycles. The molecular weight excluding hydrogens is 242 g/mol. The molecule has 2 heterocycles. The number of nitrogens with one attached hydrogen (secondary N) is 1. The molecule has 0 spiro atoms. The van der Waals surface area contributed by atoms with E-state index in [4.69, 9.17) is 14.2 Å². The molecule has 2 atom stereocenters. The molecule has 4 nitrogen and oxygen atoms in total. The van der Waals surface area contributed by atoms with Gasteiger partial charge < -0.3 is 19.1 Å². The molecule has 0 amide bonds. The van der Waals surface area contributed by atoms with E-state index in [0.717, 1.165) is 17.9 Å². The summed E-state index contributed by atoms with van der Waals surface area (Å²) in [7, 11) is 1.67. The minimum absolute atomic E-state index is 0.210. The highest BCUT2D eigenvalue weighted by molar-refractivity contribution is 5.28. The lowest BCUT2D eigenvalue weighted by Crippen LogP contribution is -3.11. The minimum Gasteiger partial charge on any atom is -0.497 e. The van der Waals surface area contributed by atoms with Crippen LogP contribution in [0.15, 0.2) is 24.3 Å². The Morgan fingerprint density at radius 1 is 1.21 bits per heavy atom. The van der Waals surface area contributed by atoms with E-state index >= 15 is 0 Å².